The van der Waals surface area contributed by atoms with Crippen LogP contribution in [0.15, 0.2) is 23.5 Å². The Morgan fingerprint density at radius 1 is 1.40 bits per heavy atom. The Bertz CT molecular complexity index is 537. The fourth-order valence-corrected chi connectivity index (χ4v) is 1.59. The molecular weight excluding hydrogens is 262 g/mol. The molecule has 6 N–H and O–H groups in total. The van der Waals surface area contributed by atoms with E-state index in [4.69, 9.17) is 16.7 Å². The van der Waals surface area contributed by atoms with E-state index in [1.54, 1.807) is 13.8 Å². The van der Waals surface area contributed by atoms with Crippen LogP contribution in [0.4, 0.5) is 0 Å². The summed E-state index contributed by atoms with van der Waals surface area (Å²) in [5.41, 5.74) is 10.3. The highest BCUT2D eigenvalue weighted by molar-refractivity contribution is 5.98. The Labute approximate surface area is 115 Å². The molecule has 20 heavy (non-hydrogen) atoms. The number of oxime groups is 1. The van der Waals surface area contributed by atoms with Gasteiger partial charge in [-0.15, -0.1) is 0 Å². The predicted molar refractivity (Wildman–Crippen MR) is 72.1 cm³/mol. The highest BCUT2D eigenvalue weighted by atomic mass is 16.4. The summed E-state index contributed by atoms with van der Waals surface area (Å²) in [6, 6.07) is 2.93. The van der Waals surface area contributed by atoms with Crippen molar-refractivity contribution in [3.8, 4) is 0 Å². The lowest BCUT2D eigenvalue weighted by Gasteiger charge is -2.24. The van der Waals surface area contributed by atoms with Crippen LogP contribution < -0.4 is 16.8 Å². The number of carbonyl (C=O) groups excluding carboxylic acids is 2. The summed E-state index contributed by atoms with van der Waals surface area (Å²) >= 11 is 0. The number of aromatic nitrogens is 1. The first kappa shape index (κ1) is 15.4. The normalized spacial score (nSPS) is 12.0. The Kier molecular flexibility index (Phi) is 4.63. The molecule has 0 saturated heterocycles. The number of nitrogens with zero attached hydrogens (tertiary/aromatic N) is 2. The first-order valence-electron chi connectivity index (χ1n) is 5.80. The number of amidine groups is 1. The van der Waals surface area contributed by atoms with Gasteiger partial charge < -0.3 is 22.0 Å². The van der Waals surface area contributed by atoms with Crippen LogP contribution in [-0.2, 0) is 4.79 Å². The average molecular weight is 279 g/mol. The molecule has 1 heterocycles. The third kappa shape index (κ3) is 4.23. The number of hydrogen-bond donors (Lipinski definition) is 4. The number of amides is 2. The first-order chi connectivity index (χ1) is 9.25. The van der Waals surface area contributed by atoms with Gasteiger partial charge in [-0.1, -0.05) is 5.16 Å². The Hall–Kier alpha value is -2.64. The smallest absolute Gasteiger partial charge is 0.270 e. The van der Waals surface area contributed by atoms with E-state index in [9.17, 15) is 9.59 Å². The molecule has 8 heteroatoms. The molecule has 1 rings (SSSR count). The van der Waals surface area contributed by atoms with Crippen LogP contribution in [0.25, 0.3) is 0 Å². The first-order valence-corrected chi connectivity index (χ1v) is 5.80. The number of primary amides is 1. The zero-order chi connectivity index (χ0) is 15.3. The van der Waals surface area contributed by atoms with Gasteiger partial charge in [0, 0.05) is 23.7 Å². The quantitative estimate of drug-likeness (QED) is 0.250. The molecule has 2 amide bonds. The molecule has 0 aliphatic carbocycles. The van der Waals surface area contributed by atoms with E-state index >= 15 is 0 Å². The maximum atomic E-state index is 12.0. The van der Waals surface area contributed by atoms with Crippen molar-refractivity contribution in [1.82, 2.24) is 10.3 Å². The number of nitrogens with two attached hydrogens (primary N) is 2. The summed E-state index contributed by atoms with van der Waals surface area (Å²) in [6.07, 6.45) is 1.33. The molecule has 0 bridgehead atoms. The molecule has 0 aliphatic rings. The molecule has 0 aliphatic heterocycles. The number of hydrogen-bond acceptors (Lipinski definition) is 5. The van der Waals surface area contributed by atoms with Gasteiger partial charge in [0.1, 0.15) is 5.69 Å². The van der Waals surface area contributed by atoms with Gasteiger partial charge in [-0.05, 0) is 26.0 Å². The van der Waals surface area contributed by atoms with E-state index in [1.807, 2.05) is 0 Å². The zero-order valence-electron chi connectivity index (χ0n) is 11.3. The van der Waals surface area contributed by atoms with E-state index in [1.165, 1.54) is 18.3 Å². The van der Waals surface area contributed by atoms with Crippen molar-refractivity contribution in [3.05, 3.63) is 29.6 Å². The van der Waals surface area contributed by atoms with Crippen LogP contribution in [-0.4, -0.2) is 33.4 Å². The second kappa shape index (κ2) is 6.00. The van der Waals surface area contributed by atoms with Gasteiger partial charge in [0.05, 0.1) is 0 Å². The van der Waals surface area contributed by atoms with Crippen LogP contribution in [0.1, 0.15) is 36.3 Å². The molecule has 0 fully saturated rings. The molecular formula is C12H17N5O3. The summed E-state index contributed by atoms with van der Waals surface area (Å²) in [7, 11) is 0. The second-order valence-corrected chi connectivity index (χ2v) is 4.90. The molecule has 0 atom stereocenters. The standard InChI is InChI=1S/C12H17N5O3/c1-12(2,5-9(13)18)16-11(19)8-4-3-7(6-15-8)10(14)17-20/h3-4,6,20H,5H2,1-2H3,(H2,13,18)(H2,14,17)(H,16,19). The SMILES string of the molecule is CC(C)(CC(N)=O)NC(=O)c1ccc(/C(N)=N/O)cn1. The fourth-order valence-electron chi connectivity index (χ4n) is 1.59. The number of rotatable bonds is 5. The molecule has 0 radical (unpaired) electrons. The minimum Gasteiger partial charge on any atom is -0.409 e. The average Bonchev–Trinajstić information content (AvgIpc) is 2.35. The van der Waals surface area contributed by atoms with Gasteiger partial charge in [-0.25, -0.2) is 0 Å². The van der Waals surface area contributed by atoms with Gasteiger partial charge in [0.15, 0.2) is 5.84 Å². The summed E-state index contributed by atoms with van der Waals surface area (Å²) in [4.78, 5) is 26.8. The van der Waals surface area contributed by atoms with Gasteiger partial charge in [0.25, 0.3) is 5.91 Å². The van der Waals surface area contributed by atoms with Crippen molar-refractivity contribution in [2.45, 2.75) is 25.8 Å². The molecule has 1 aromatic rings. The fraction of sp³-hybridized carbons (Fsp3) is 0.333. The summed E-state index contributed by atoms with van der Waals surface area (Å²) in [5.74, 6) is -1.05. The molecule has 0 spiro atoms. The lowest BCUT2D eigenvalue weighted by Crippen LogP contribution is -2.46. The van der Waals surface area contributed by atoms with E-state index in [2.05, 4.69) is 15.5 Å². The van der Waals surface area contributed by atoms with Gasteiger partial charge in [0.2, 0.25) is 5.91 Å². The third-order valence-corrected chi connectivity index (χ3v) is 2.47. The van der Waals surface area contributed by atoms with E-state index < -0.39 is 17.4 Å². The third-order valence-electron chi connectivity index (χ3n) is 2.47. The minimum absolute atomic E-state index is 0.0148. The maximum Gasteiger partial charge on any atom is 0.270 e. The van der Waals surface area contributed by atoms with Crippen LogP contribution in [0, 0.1) is 0 Å². The summed E-state index contributed by atoms with van der Waals surface area (Å²) in [6.45, 7) is 3.36. The van der Waals surface area contributed by atoms with Crippen molar-refractivity contribution < 1.29 is 14.8 Å². The molecule has 0 unspecified atom stereocenters. The predicted octanol–water partition coefficient (Wildman–Crippen LogP) is -0.440. The number of pyridine rings is 1. The summed E-state index contributed by atoms with van der Waals surface area (Å²) in [5, 5.41) is 14.0. The highest BCUT2D eigenvalue weighted by Gasteiger charge is 2.24. The monoisotopic (exact) mass is 279 g/mol. The van der Waals surface area contributed by atoms with Crippen LogP contribution >= 0.6 is 0 Å². The number of nitrogens with one attached hydrogen (secondary N) is 1. The van der Waals surface area contributed by atoms with Crippen LogP contribution in [0.5, 0.6) is 0 Å². The van der Waals surface area contributed by atoms with Crippen molar-refractivity contribution in [2.75, 3.05) is 0 Å². The van der Waals surface area contributed by atoms with Crippen LogP contribution in [0.2, 0.25) is 0 Å². The molecule has 8 nitrogen and oxygen atoms in total. The second-order valence-electron chi connectivity index (χ2n) is 4.90. The highest BCUT2D eigenvalue weighted by Crippen LogP contribution is 2.09. The Morgan fingerprint density at radius 3 is 2.50 bits per heavy atom. The van der Waals surface area contributed by atoms with Crippen molar-refractivity contribution in [2.24, 2.45) is 16.6 Å². The van der Waals surface area contributed by atoms with Gasteiger partial charge in [-0.3, -0.25) is 14.6 Å². The van der Waals surface area contributed by atoms with Crippen molar-refractivity contribution >= 4 is 17.6 Å². The zero-order valence-corrected chi connectivity index (χ0v) is 11.3. The topological polar surface area (TPSA) is 144 Å². The molecule has 1 aromatic heterocycles. The van der Waals surface area contributed by atoms with Crippen molar-refractivity contribution in [3.63, 3.8) is 0 Å². The lowest BCUT2D eigenvalue weighted by atomic mass is 10.00. The lowest BCUT2D eigenvalue weighted by molar-refractivity contribution is -0.119. The Balaban J connectivity index is 2.81. The van der Waals surface area contributed by atoms with E-state index in [0.29, 0.717) is 5.56 Å². The molecule has 0 aromatic carbocycles. The largest absolute Gasteiger partial charge is 0.409 e. The molecule has 0 saturated carbocycles. The summed E-state index contributed by atoms with van der Waals surface area (Å²) < 4.78 is 0. The van der Waals surface area contributed by atoms with Gasteiger partial charge in [-0.2, -0.15) is 0 Å². The van der Waals surface area contributed by atoms with E-state index in [0.717, 1.165) is 0 Å². The molecule has 108 valence electrons. The number of carbonyl (C=O) groups is 2. The van der Waals surface area contributed by atoms with Gasteiger partial charge >= 0.3 is 0 Å². The van der Waals surface area contributed by atoms with Crippen LogP contribution in [0.3, 0.4) is 0 Å². The van der Waals surface area contributed by atoms with Crippen molar-refractivity contribution in [1.29, 1.82) is 0 Å². The maximum absolute atomic E-state index is 12.0. The van der Waals surface area contributed by atoms with E-state index in [-0.39, 0.29) is 18.0 Å². The Morgan fingerprint density at radius 2 is 2.05 bits per heavy atom. The minimum atomic E-state index is -0.769.